The molecule has 2 fully saturated rings. The summed E-state index contributed by atoms with van der Waals surface area (Å²) < 4.78 is 28.2. The van der Waals surface area contributed by atoms with E-state index in [0.29, 0.717) is 31.6 Å². The van der Waals surface area contributed by atoms with E-state index >= 15 is 0 Å². The third-order valence-electron chi connectivity index (χ3n) is 6.01. The molecule has 5 rings (SSSR count). The molecule has 134 valence electrons. The van der Waals surface area contributed by atoms with Crippen LogP contribution in [0.1, 0.15) is 36.4 Å². The maximum absolute atomic E-state index is 14.1. The normalized spacial score (nSPS) is 26.7. The van der Waals surface area contributed by atoms with Crippen LogP contribution >= 0.6 is 0 Å². The van der Waals surface area contributed by atoms with E-state index in [0.717, 1.165) is 12.0 Å². The topological polar surface area (TPSA) is 66.3 Å². The maximum atomic E-state index is 14.1. The molecule has 0 radical (unpaired) electrons. The van der Waals surface area contributed by atoms with E-state index in [-0.39, 0.29) is 23.1 Å². The van der Waals surface area contributed by atoms with Crippen LogP contribution in [0.15, 0.2) is 24.3 Å². The molecular formula is C19H17F2N3O2. The van der Waals surface area contributed by atoms with E-state index in [2.05, 4.69) is 10.2 Å². The van der Waals surface area contributed by atoms with Gasteiger partial charge in [0.1, 0.15) is 11.6 Å². The number of amides is 1. The van der Waals surface area contributed by atoms with Gasteiger partial charge in [0.15, 0.2) is 0 Å². The molecule has 7 heteroatoms. The van der Waals surface area contributed by atoms with E-state index < -0.39 is 23.2 Å². The van der Waals surface area contributed by atoms with Gasteiger partial charge in [-0.3, -0.25) is 4.79 Å². The Hall–Kier alpha value is -2.41. The fraction of sp³-hybridized carbons (Fsp3) is 0.421. The SMILES string of the molecule is O=C(N1CC(O)C1)[C@]12CC[C@H](C1)c1cc(-c3c(F)cccc3F)nnc12. The Kier molecular flexibility index (Phi) is 3.22. The van der Waals surface area contributed by atoms with E-state index in [9.17, 15) is 18.7 Å². The lowest BCUT2D eigenvalue weighted by Crippen LogP contribution is -2.58. The van der Waals surface area contributed by atoms with Crippen molar-refractivity contribution in [1.29, 1.82) is 0 Å². The molecule has 5 nitrogen and oxygen atoms in total. The van der Waals surface area contributed by atoms with Gasteiger partial charge in [0.25, 0.3) is 0 Å². The summed E-state index contributed by atoms with van der Waals surface area (Å²) >= 11 is 0. The highest BCUT2D eigenvalue weighted by Gasteiger charge is 2.57. The molecule has 1 aromatic heterocycles. The van der Waals surface area contributed by atoms with Crippen LogP contribution in [-0.4, -0.2) is 45.3 Å². The Morgan fingerprint density at radius 1 is 1.23 bits per heavy atom. The summed E-state index contributed by atoms with van der Waals surface area (Å²) in [5, 5.41) is 17.8. The van der Waals surface area contributed by atoms with Gasteiger partial charge in [-0.1, -0.05) is 6.07 Å². The molecule has 1 saturated heterocycles. The fourth-order valence-corrected chi connectivity index (χ4v) is 4.70. The van der Waals surface area contributed by atoms with Gasteiger partial charge in [-0.15, -0.1) is 5.10 Å². The van der Waals surface area contributed by atoms with Crippen molar-refractivity contribution in [3.8, 4) is 11.3 Å². The largest absolute Gasteiger partial charge is 0.389 e. The van der Waals surface area contributed by atoms with E-state index in [4.69, 9.17) is 0 Å². The number of benzene rings is 1. The van der Waals surface area contributed by atoms with Gasteiger partial charge in [-0.25, -0.2) is 8.78 Å². The van der Waals surface area contributed by atoms with Gasteiger partial charge in [-0.2, -0.15) is 5.10 Å². The number of nitrogens with zero attached hydrogens (tertiary/aromatic N) is 3. The van der Waals surface area contributed by atoms with Gasteiger partial charge in [-0.05, 0) is 48.9 Å². The molecule has 26 heavy (non-hydrogen) atoms. The molecule has 2 bridgehead atoms. The third-order valence-corrected chi connectivity index (χ3v) is 6.01. The molecule has 1 aliphatic heterocycles. The van der Waals surface area contributed by atoms with Gasteiger partial charge in [0.05, 0.1) is 28.5 Å². The second-order valence-electron chi connectivity index (χ2n) is 7.52. The smallest absolute Gasteiger partial charge is 0.235 e. The Bertz CT molecular complexity index is 909. The predicted octanol–water partition coefficient (Wildman–Crippen LogP) is 2.14. The van der Waals surface area contributed by atoms with Crippen LogP contribution in [0.4, 0.5) is 8.78 Å². The molecule has 1 saturated carbocycles. The number of carbonyl (C=O) groups excluding carboxylic acids is 1. The summed E-state index contributed by atoms with van der Waals surface area (Å²) in [5.41, 5.74) is 0.795. The average Bonchev–Trinajstić information content (AvgIpc) is 3.17. The highest BCUT2D eigenvalue weighted by molar-refractivity contribution is 5.91. The fourth-order valence-electron chi connectivity index (χ4n) is 4.70. The van der Waals surface area contributed by atoms with Crippen molar-refractivity contribution < 1.29 is 18.7 Å². The molecule has 2 aliphatic carbocycles. The van der Waals surface area contributed by atoms with Crippen molar-refractivity contribution in [2.45, 2.75) is 36.7 Å². The van der Waals surface area contributed by atoms with Crippen molar-refractivity contribution in [1.82, 2.24) is 15.1 Å². The zero-order valence-corrected chi connectivity index (χ0v) is 14.0. The number of hydrogen-bond acceptors (Lipinski definition) is 4. The molecule has 1 aromatic carbocycles. The number of fused-ring (bicyclic) bond motifs is 5. The summed E-state index contributed by atoms with van der Waals surface area (Å²) in [5.74, 6) is -1.21. The maximum Gasteiger partial charge on any atom is 0.235 e. The molecule has 3 aliphatic rings. The predicted molar refractivity (Wildman–Crippen MR) is 88.2 cm³/mol. The molecule has 0 unspecified atom stereocenters. The number of halogens is 2. The highest BCUT2D eigenvalue weighted by Crippen LogP contribution is 2.57. The van der Waals surface area contributed by atoms with Crippen LogP contribution in [0.2, 0.25) is 0 Å². The van der Waals surface area contributed by atoms with Crippen LogP contribution in [0.3, 0.4) is 0 Å². The first kappa shape index (κ1) is 15.8. The number of hydrogen-bond donors (Lipinski definition) is 1. The lowest BCUT2D eigenvalue weighted by molar-refractivity contribution is -0.147. The summed E-state index contributed by atoms with van der Waals surface area (Å²) in [6.45, 7) is 0.707. The van der Waals surface area contributed by atoms with Crippen molar-refractivity contribution in [3.63, 3.8) is 0 Å². The molecule has 2 heterocycles. The lowest BCUT2D eigenvalue weighted by Gasteiger charge is -2.41. The standard InChI is InChI=1S/C19H17F2N3O2/c20-13-2-1-3-14(21)16(13)15-6-12-10-4-5-19(7-10,17(12)23-22-15)18(26)24-8-11(25)9-24/h1-3,6,10-11,25H,4-5,7-9H2/t10-,19-/m1/s1. The Balaban J connectivity index is 1.57. The van der Waals surface area contributed by atoms with Crippen molar-refractivity contribution >= 4 is 5.91 Å². The lowest BCUT2D eigenvalue weighted by atomic mass is 9.80. The van der Waals surface area contributed by atoms with E-state index in [1.807, 2.05) is 0 Å². The zero-order chi connectivity index (χ0) is 18.1. The summed E-state index contributed by atoms with van der Waals surface area (Å²) in [6, 6.07) is 5.39. The first-order valence-electron chi connectivity index (χ1n) is 8.79. The number of aromatic nitrogens is 2. The molecule has 1 amide bonds. The Morgan fingerprint density at radius 3 is 2.65 bits per heavy atom. The van der Waals surface area contributed by atoms with Crippen LogP contribution in [-0.2, 0) is 10.2 Å². The van der Waals surface area contributed by atoms with E-state index in [1.165, 1.54) is 18.2 Å². The molecule has 0 spiro atoms. The average molecular weight is 357 g/mol. The van der Waals surface area contributed by atoms with Crippen LogP contribution in [0, 0.1) is 11.6 Å². The first-order valence-corrected chi connectivity index (χ1v) is 8.79. The minimum Gasteiger partial charge on any atom is -0.389 e. The summed E-state index contributed by atoms with van der Waals surface area (Å²) in [7, 11) is 0. The zero-order valence-electron chi connectivity index (χ0n) is 14.0. The number of aliphatic hydroxyl groups excluding tert-OH is 1. The van der Waals surface area contributed by atoms with Gasteiger partial charge in [0.2, 0.25) is 5.91 Å². The van der Waals surface area contributed by atoms with Crippen molar-refractivity contribution in [3.05, 3.63) is 47.2 Å². The number of aliphatic hydroxyl groups is 1. The van der Waals surface area contributed by atoms with Crippen LogP contribution in [0.5, 0.6) is 0 Å². The van der Waals surface area contributed by atoms with Gasteiger partial charge >= 0.3 is 0 Å². The summed E-state index contributed by atoms with van der Waals surface area (Å²) in [4.78, 5) is 14.7. The Morgan fingerprint density at radius 2 is 1.96 bits per heavy atom. The van der Waals surface area contributed by atoms with Crippen LogP contribution < -0.4 is 0 Å². The van der Waals surface area contributed by atoms with Gasteiger partial charge in [0, 0.05) is 13.1 Å². The van der Waals surface area contributed by atoms with E-state index in [1.54, 1.807) is 11.0 Å². The first-order chi connectivity index (χ1) is 12.5. The highest BCUT2D eigenvalue weighted by atomic mass is 19.1. The minimum absolute atomic E-state index is 0.0110. The quantitative estimate of drug-likeness (QED) is 0.894. The number of rotatable bonds is 2. The molecular weight excluding hydrogens is 340 g/mol. The van der Waals surface area contributed by atoms with Crippen molar-refractivity contribution in [2.75, 3.05) is 13.1 Å². The molecule has 2 atom stereocenters. The third kappa shape index (κ3) is 2.00. The van der Waals surface area contributed by atoms with Crippen LogP contribution in [0.25, 0.3) is 11.3 Å². The second kappa shape index (κ2) is 5.30. The molecule has 2 aromatic rings. The molecule has 1 N–H and O–H groups in total. The number of carbonyl (C=O) groups is 1. The minimum atomic E-state index is -0.695. The Labute approximate surface area is 148 Å². The second-order valence-corrected chi connectivity index (χ2v) is 7.52. The van der Waals surface area contributed by atoms with Gasteiger partial charge < -0.3 is 10.0 Å². The van der Waals surface area contributed by atoms with Crippen molar-refractivity contribution in [2.24, 2.45) is 0 Å². The number of β-amino-alcohol motifs (C(OH)–C–C–N with tert-alkyl or cyclic N) is 1. The monoisotopic (exact) mass is 357 g/mol. The summed E-state index contributed by atoms with van der Waals surface area (Å²) in [6.07, 6.45) is 1.76. The number of likely N-dealkylation sites (tertiary alicyclic amines) is 1.